The van der Waals surface area contributed by atoms with Crippen molar-refractivity contribution in [2.24, 2.45) is 5.92 Å². The van der Waals surface area contributed by atoms with Gasteiger partial charge in [-0.25, -0.2) is 0 Å². The molecule has 1 aromatic carbocycles. The first-order chi connectivity index (χ1) is 14.4. The highest BCUT2D eigenvalue weighted by atomic mass is 32.1. The standard InChI is InChI=1S/C21H27F3N4OS/c22-21(23,24)20(29)25-16-7-5-15(6-8-16)9-10-27-11-13-28(14-12-27)19-17-3-1-2-4-18(17)30-26-19/h1-4,15-16H,5-14H2,(H,25,29)/t15-,16+. The minimum atomic E-state index is -4.79. The number of fused-ring (bicyclic) bond motifs is 1. The van der Waals surface area contributed by atoms with Gasteiger partial charge >= 0.3 is 12.1 Å². The Hall–Kier alpha value is -1.87. The van der Waals surface area contributed by atoms with Crippen LogP contribution in [0.15, 0.2) is 24.3 Å². The number of alkyl halides is 3. The van der Waals surface area contributed by atoms with Crippen LogP contribution < -0.4 is 10.2 Å². The van der Waals surface area contributed by atoms with E-state index < -0.39 is 12.1 Å². The molecule has 0 unspecified atom stereocenters. The van der Waals surface area contributed by atoms with Gasteiger partial charge in [0.15, 0.2) is 0 Å². The second-order valence-electron chi connectivity index (χ2n) is 8.31. The van der Waals surface area contributed by atoms with Gasteiger partial charge in [-0.15, -0.1) is 0 Å². The monoisotopic (exact) mass is 440 g/mol. The van der Waals surface area contributed by atoms with Gasteiger partial charge < -0.3 is 10.2 Å². The van der Waals surface area contributed by atoms with E-state index in [-0.39, 0.29) is 6.04 Å². The van der Waals surface area contributed by atoms with Crippen LogP contribution in [-0.4, -0.2) is 60.1 Å². The van der Waals surface area contributed by atoms with Gasteiger partial charge in [0.1, 0.15) is 5.82 Å². The van der Waals surface area contributed by atoms with Crippen LogP contribution in [0.3, 0.4) is 0 Å². The quantitative estimate of drug-likeness (QED) is 0.762. The minimum Gasteiger partial charge on any atom is -0.353 e. The van der Waals surface area contributed by atoms with Crippen molar-refractivity contribution in [2.75, 3.05) is 37.6 Å². The molecule has 30 heavy (non-hydrogen) atoms. The highest BCUT2D eigenvalue weighted by Crippen LogP contribution is 2.31. The lowest BCUT2D eigenvalue weighted by atomic mass is 9.84. The van der Waals surface area contributed by atoms with Gasteiger partial charge in [0.2, 0.25) is 0 Å². The lowest BCUT2D eigenvalue weighted by Crippen LogP contribution is -2.47. The highest BCUT2D eigenvalue weighted by Gasteiger charge is 2.40. The van der Waals surface area contributed by atoms with Gasteiger partial charge in [-0.1, -0.05) is 12.1 Å². The number of benzene rings is 1. The molecule has 2 heterocycles. The summed E-state index contributed by atoms with van der Waals surface area (Å²) in [5, 5.41) is 3.36. The summed E-state index contributed by atoms with van der Waals surface area (Å²) >= 11 is 1.55. The van der Waals surface area contributed by atoms with Crippen molar-refractivity contribution in [1.82, 2.24) is 14.6 Å². The fourth-order valence-electron chi connectivity index (χ4n) is 4.51. The molecule has 1 amide bonds. The Kier molecular flexibility index (Phi) is 6.48. The van der Waals surface area contributed by atoms with Crippen LogP contribution in [0.2, 0.25) is 0 Å². The van der Waals surface area contributed by atoms with Crippen LogP contribution in [0.25, 0.3) is 10.1 Å². The zero-order chi connectivity index (χ0) is 21.1. The Labute approximate surface area is 178 Å². The molecule has 1 aromatic heterocycles. The van der Waals surface area contributed by atoms with Gasteiger partial charge in [0.05, 0.1) is 4.70 Å². The molecule has 2 aromatic rings. The van der Waals surface area contributed by atoms with Crippen LogP contribution in [-0.2, 0) is 4.79 Å². The number of piperazine rings is 1. The van der Waals surface area contributed by atoms with E-state index in [1.165, 1.54) is 10.1 Å². The predicted octanol–water partition coefficient (Wildman–Crippen LogP) is 4.05. The van der Waals surface area contributed by atoms with Crippen LogP contribution in [0, 0.1) is 5.92 Å². The molecule has 5 nitrogen and oxygen atoms in total. The largest absolute Gasteiger partial charge is 0.471 e. The molecule has 4 rings (SSSR count). The molecule has 164 valence electrons. The number of amides is 1. The summed E-state index contributed by atoms with van der Waals surface area (Å²) in [6, 6.07) is 8.00. The zero-order valence-corrected chi connectivity index (χ0v) is 17.6. The third-order valence-corrected chi connectivity index (χ3v) is 7.14. The predicted molar refractivity (Wildman–Crippen MR) is 113 cm³/mol. The average Bonchev–Trinajstić information content (AvgIpc) is 3.17. The number of hydrogen-bond donors (Lipinski definition) is 1. The molecule has 2 fully saturated rings. The Morgan fingerprint density at radius 2 is 1.80 bits per heavy atom. The second kappa shape index (κ2) is 9.09. The van der Waals surface area contributed by atoms with E-state index in [1.807, 2.05) is 6.07 Å². The molecule has 0 radical (unpaired) electrons. The molecule has 1 N–H and O–H groups in total. The van der Waals surface area contributed by atoms with Crippen LogP contribution >= 0.6 is 11.5 Å². The lowest BCUT2D eigenvalue weighted by Gasteiger charge is -2.36. The summed E-state index contributed by atoms with van der Waals surface area (Å²) in [6.07, 6.45) is -0.682. The zero-order valence-electron chi connectivity index (χ0n) is 16.8. The summed E-state index contributed by atoms with van der Waals surface area (Å²) < 4.78 is 43.0. The number of rotatable bonds is 5. The molecular formula is C21H27F3N4OS. The van der Waals surface area contributed by atoms with Crippen molar-refractivity contribution in [3.05, 3.63) is 24.3 Å². The minimum absolute atomic E-state index is 0.341. The lowest BCUT2D eigenvalue weighted by molar-refractivity contribution is -0.174. The van der Waals surface area contributed by atoms with Gasteiger partial charge in [-0.2, -0.15) is 17.5 Å². The number of carbonyl (C=O) groups is 1. The molecule has 0 atom stereocenters. The number of hydrogen-bond acceptors (Lipinski definition) is 5. The van der Waals surface area contributed by atoms with E-state index in [0.29, 0.717) is 18.8 Å². The molecule has 1 aliphatic heterocycles. The highest BCUT2D eigenvalue weighted by molar-refractivity contribution is 7.13. The first-order valence-corrected chi connectivity index (χ1v) is 11.4. The molecule has 9 heteroatoms. The first-order valence-electron chi connectivity index (χ1n) is 10.6. The van der Waals surface area contributed by atoms with Crippen molar-refractivity contribution in [2.45, 2.75) is 44.3 Å². The van der Waals surface area contributed by atoms with E-state index in [4.69, 9.17) is 0 Å². The maximum absolute atomic E-state index is 12.4. The summed E-state index contributed by atoms with van der Waals surface area (Å²) in [5.41, 5.74) is 0. The number of aromatic nitrogens is 1. The molecule has 0 spiro atoms. The van der Waals surface area contributed by atoms with Gasteiger partial charge in [-0.05, 0) is 68.2 Å². The Bertz CT molecular complexity index is 855. The third-order valence-electron chi connectivity index (χ3n) is 6.32. The SMILES string of the molecule is O=C(N[C@H]1CC[C@@H](CCN2CCN(c3nsc4ccccc34)CC2)CC1)C(F)(F)F. The number of nitrogens with one attached hydrogen (secondary N) is 1. The first kappa shape index (κ1) is 21.4. The third kappa shape index (κ3) is 5.06. The Balaban J connectivity index is 1.17. The maximum atomic E-state index is 12.4. The van der Waals surface area contributed by atoms with Crippen LogP contribution in [0.1, 0.15) is 32.1 Å². The fourth-order valence-corrected chi connectivity index (χ4v) is 5.31. The van der Waals surface area contributed by atoms with Crippen molar-refractivity contribution in [3.63, 3.8) is 0 Å². The van der Waals surface area contributed by atoms with Crippen molar-refractivity contribution >= 4 is 33.3 Å². The van der Waals surface area contributed by atoms with E-state index >= 15 is 0 Å². The second-order valence-corrected chi connectivity index (χ2v) is 9.11. The van der Waals surface area contributed by atoms with Crippen molar-refractivity contribution < 1.29 is 18.0 Å². The summed E-state index contributed by atoms with van der Waals surface area (Å²) in [7, 11) is 0. The summed E-state index contributed by atoms with van der Waals surface area (Å²) in [4.78, 5) is 15.9. The fraction of sp³-hybridized carbons (Fsp3) is 0.619. The van der Waals surface area contributed by atoms with Gasteiger partial charge in [-0.3, -0.25) is 9.69 Å². The smallest absolute Gasteiger partial charge is 0.353 e. The van der Waals surface area contributed by atoms with E-state index in [1.54, 1.807) is 11.5 Å². The van der Waals surface area contributed by atoms with Crippen molar-refractivity contribution in [1.29, 1.82) is 0 Å². The van der Waals surface area contributed by atoms with Crippen LogP contribution in [0.5, 0.6) is 0 Å². The number of nitrogens with zero attached hydrogens (tertiary/aromatic N) is 3. The molecule has 1 saturated carbocycles. The van der Waals surface area contributed by atoms with Gasteiger partial charge in [0.25, 0.3) is 0 Å². The topological polar surface area (TPSA) is 48.5 Å². The number of anilines is 1. The van der Waals surface area contributed by atoms with E-state index in [2.05, 4.69) is 37.7 Å². The van der Waals surface area contributed by atoms with E-state index in [0.717, 1.165) is 57.8 Å². The van der Waals surface area contributed by atoms with Crippen molar-refractivity contribution in [3.8, 4) is 0 Å². The maximum Gasteiger partial charge on any atom is 0.471 e. The molecule has 2 aliphatic rings. The van der Waals surface area contributed by atoms with Crippen LogP contribution in [0.4, 0.5) is 19.0 Å². The Morgan fingerprint density at radius 1 is 1.10 bits per heavy atom. The molecular weight excluding hydrogens is 413 g/mol. The molecule has 1 aliphatic carbocycles. The molecule has 1 saturated heterocycles. The number of halogens is 3. The normalized spacial score (nSPS) is 23.6. The molecule has 0 bridgehead atoms. The average molecular weight is 441 g/mol. The van der Waals surface area contributed by atoms with E-state index in [9.17, 15) is 18.0 Å². The summed E-state index contributed by atoms with van der Waals surface area (Å²) in [6.45, 7) is 4.95. The Morgan fingerprint density at radius 3 is 2.50 bits per heavy atom. The number of carbonyl (C=O) groups excluding carboxylic acids is 1. The summed E-state index contributed by atoms with van der Waals surface area (Å²) in [5.74, 6) is -0.184. The van der Waals surface area contributed by atoms with Gasteiger partial charge in [0, 0.05) is 37.6 Å².